The van der Waals surface area contributed by atoms with Gasteiger partial charge in [-0.2, -0.15) is 5.26 Å². The van der Waals surface area contributed by atoms with Crippen molar-refractivity contribution in [1.82, 2.24) is 14.5 Å². The van der Waals surface area contributed by atoms with Gasteiger partial charge in [-0.1, -0.05) is 20.8 Å². The molecule has 1 aromatic carbocycles. The number of hydrogen-bond donors (Lipinski definition) is 1. The van der Waals surface area contributed by atoms with E-state index in [4.69, 9.17) is 5.26 Å². The molecule has 7 heteroatoms. The lowest BCUT2D eigenvalue weighted by molar-refractivity contribution is 0.0980. The van der Waals surface area contributed by atoms with Crippen LogP contribution in [0.25, 0.3) is 16.6 Å². The molecular weight excluding hydrogens is 356 g/mol. The van der Waals surface area contributed by atoms with Gasteiger partial charge in [-0.25, -0.2) is 9.97 Å². The number of nitriles is 1. The molecule has 3 rings (SSSR count). The summed E-state index contributed by atoms with van der Waals surface area (Å²) in [6.45, 7) is 5.65. The summed E-state index contributed by atoms with van der Waals surface area (Å²) >= 11 is 0. The van der Waals surface area contributed by atoms with Gasteiger partial charge in [-0.05, 0) is 30.7 Å². The molecule has 0 saturated heterocycles. The first-order valence-electron chi connectivity index (χ1n) is 9.07. The SMILES string of the molecule is CCCC(=O)c1c(O)ccc2c(=O)n(-c3ccc(C#N)nc3)c(C(C)C)nc12. The van der Waals surface area contributed by atoms with Crippen molar-refractivity contribution in [3.05, 3.63) is 57.9 Å². The van der Waals surface area contributed by atoms with Gasteiger partial charge in [-0.3, -0.25) is 14.2 Å². The molecule has 142 valence electrons. The Morgan fingerprint density at radius 3 is 2.61 bits per heavy atom. The summed E-state index contributed by atoms with van der Waals surface area (Å²) < 4.78 is 1.44. The highest BCUT2D eigenvalue weighted by Gasteiger charge is 2.22. The number of phenolic OH excluding ortho intramolecular Hbond substituents is 1. The van der Waals surface area contributed by atoms with Crippen LogP contribution in [0.15, 0.2) is 35.3 Å². The minimum atomic E-state index is -0.356. The average Bonchev–Trinajstić information content (AvgIpc) is 2.67. The molecule has 1 N–H and O–H groups in total. The smallest absolute Gasteiger partial charge is 0.266 e. The van der Waals surface area contributed by atoms with Crippen molar-refractivity contribution in [3.63, 3.8) is 0 Å². The lowest BCUT2D eigenvalue weighted by Gasteiger charge is -2.17. The van der Waals surface area contributed by atoms with E-state index in [1.54, 1.807) is 6.07 Å². The van der Waals surface area contributed by atoms with E-state index in [0.717, 1.165) is 0 Å². The van der Waals surface area contributed by atoms with Crippen LogP contribution in [0.4, 0.5) is 0 Å². The number of aromatic hydroxyl groups is 1. The number of rotatable bonds is 5. The van der Waals surface area contributed by atoms with E-state index in [0.29, 0.717) is 17.9 Å². The summed E-state index contributed by atoms with van der Waals surface area (Å²) in [6, 6.07) is 7.94. The summed E-state index contributed by atoms with van der Waals surface area (Å²) in [6.07, 6.45) is 2.33. The number of carbonyl (C=O) groups excluding carboxylic acids is 1. The van der Waals surface area contributed by atoms with E-state index in [2.05, 4.69) is 9.97 Å². The van der Waals surface area contributed by atoms with Crippen LogP contribution in [-0.2, 0) is 0 Å². The minimum absolute atomic E-state index is 0.0865. The van der Waals surface area contributed by atoms with Gasteiger partial charge >= 0.3 is 0 Å². The lowest BCUT2D eigenvalue weighted by Crippen LogP contribution is -2.25. The van der Waals surface area contributed by atoms with Gasteiger partial charge in [-0.15, -0.1) is 0 Å². The van der Waals surface area contributed by atoms with Gasteiger partial charge in [0.1, 0.15) is 23.3 Å². The van der Waals surface area contributed by atoms with Crippen molar-refractivity contribution in [1.29, 1.82) is 5.26 Å². The van der Waals surface area contributed by atoms with Crippen molar-refractivity contribution in [2.45, 2.75) is 39.5 Å². The number of Topliss-reactive ketones (excluding diaryl/α,β-unsaturated/α-hetero) is 1. The fourth-order valence-corrected chi connectivity index (χ4v) is 3.11. The Kier molecular flexibility index (Phi) is 5.23. The Morgan fingerprint density at radius 2 is 2.04 bits per heavy atom. The van der Waals surface area contributed by atoms with Crippen LogP contribution in [0.1, 0.15) is 61.4 Å². The molecule has 0 atom stereocenters. The van der Waals surface area contributed by atoms with Crippen LogP contribution in [0.2, 0.25) is 0 Å². The standard InChI is InChI=1S/C21H20N4O3/c1-4-5-16(26)18-17(27)9-8-15-19(18)24-20(12(2)3)25(21(15)28)14-7-6-13(10-22)23-11-14/h6-9,11-12,27H,4-5H2,1-3H3. The van der Waals surface area contributed by atoms with Crippen LogP contribution < -0.4 is 5.56 Å². The molecule has 0 unspecified atom stereocenters. The fourth-order valence-electron chi connectivity index (χ4n) is 3.11. The van der Waals surface area contributed by atoms with E-state index < -0.39 is 0 Å². The van der Waals surface area contributed by atoms with Crippen molar-refractivity contribution in [3.8, 4) is 17.5 Å². The summed E-state index contributed by atoms with van der Waals surface area (Å²) in [4.78, 5) is 34.5. The number of nitrogens with zero attached hydrogens (tertiary/aromatic N) is 4. The normalized spacial score (nSPS) is 11.0. The summed E-state index contributed by atoms with van der Waals surface area (Å²) in [5.74, 6) is -0.111. The number of fused-ring (bicyclic) bond motifs is 1. The largest absolute Gasteiger partial charge is 0.507 e. The molecule has 2 heterocycles. The van der Waals surface area contributed by atoms with Crippen LogP contribution in [0.3, 0.4) is 0 Å². The maximum absolute atomic E-state index is 13.3. The van der Waals surface area contributed by atoms with Crippen LogP contribution in [0, 0.1) is 11.3 Å². The molecule has 28 heavy (non-hydrogen) atoms. The first-order chi connectivity index (χ1) is 13.4. The van der Waals surface area contributed by atoms with E-state index >= 15 is 0 Å². The Morgan fingerprint density at radius 1 is 1.29 bits per heavy atom. The number of carbonyl (C=O) groups is 1. The molecular formula is C21H20N4O3. The maximum Gasteiger partial charge on any atom is 0.266 e. The summed E-state index contributed by atoms with van der Waals surface area (Å²) in [5, 5.41) is 19.4. The highest BCUT2D eigenvalue weighted by atomic mass is 16.3. The fraction of sp³-hybridized carbons (Fsp3) is 0.286. The van der Waals surface area contributed by atoms with Gasteiger partial charge in [0, 0.05) is 12.3 Å². The average molecular weight is 376 g/mol. The van der Waals surface area contributed by atoms with Gasteiger partial charge < -0.3 is 5.11 Å². The van der Waals surface area contributed by atoms with Gasteiger partial charge in [0.15, 0.2) is 5.78 Å². The molecule has 2 aromatic heterocycles. The van der Waals surface area contributed by atoms with E-state index in [1.807, 2.05) is 26.8 Å². The molecule has 0 saturated carbocycles. The lowest BCUT2D eigenvalue weighted by atomic mass is 10.0. The Labute approximate surface area is 161 Å². The predicted molar refractivity (Wildman–Crippen MR) is 105 cm³/mol. The maximum atomic E-state index is 13.3. The summed E-state index contributed by atoms with van der Waals surface area (Å²) in [7, 11) is 0. The van der Waals surface area contributed by atoms with Crippen molar-refractivity contribution in [2.75, 3.05) is 0 Å². The van der Waals surface area contributed by atoms with Gasteiger partial charge in [0.05, 0.1) is 28.4 Å². The number of pyridine rings is 1. The summed E-state index contributed by atoms with van der Waals surface area (Å²) in [5.41, 5.74) is 0.671. The monoisotopic (exact) mass is 376 g/mol. The van der Waals surface area contributed by atoms with Crippen LogP contribution >= 0.6 is 0 Å². The zero-order chi connectivity index (χ0) is 20.4. The quantitative estimate of drug-likeness (QED) is 0.683. The third-order valence-electron chi connectivity index (χ3n) is 4.44. The zero-order valence-electron chi connectivity index (χ0n) is 15.9. The number of aromatic nitrogens is 3. The third kappa shape index (κ3) is 3.25. The van der Waals surface area contributed by atoms with Crippen molar-refractivity contribution < 1.29 is 9.90 Å². The topological polar surface area (TPSA) is 109 Å². The second kappa shape index (κ2) is 7.61. The molecule has 0 bridgehead atoms. The molecule has 3 aromatic rings. The molecule has 0 fully saturated rings. The number of ketones is 1. The predicted octanol–water partition coefficient (Wildman–Crippen LogP) is 3.46. The van der Waals surface area contributed by atoms with E-state index in [9.17, 15) is 14.7 Å². The van der Waals surface area contributed by atoms with Crippen LogP contribution in [-0.4, -0.2) is 25.4 Å². The second-order valence-electron chi connectivity index (χ2n) is 6.81. The highest BCUT2D eigenvalue weighted by Crippen LogP contribution is 2.28. The van der Waals surface area contributed by atoms with Crippen molar-refractivity contribution in [2.24, 2.45) is 0 Å². The number of phenols is 1. The molecule has 0 radical (unpaired) electrons. The second-order valence-corrected chi connectivity index (χ2v) is 6.81. The molecule has 0 aliphatic rings. The van der Waals surface area contributed by atoms with Crippen molar-refractivity contribution >= 4 is 16.7 Å². The Balaban J connectivity index is 2.38. The Hall–Kier alpha value is -3.53. The van der Waals surface area contributed by atoms with E-state index in [-0.39, 0.29) is 51.6 Å². The van der Waals surface area contributed by atoms with Crippen LogP contribution in [0.5, 0.6) is 5.75 Å². The minimum Gasteiger partial charge on any atom is -0.507 e. The first-order valence-corrected chi connectivity index (χ1v) is 9.07. The third-order valence-corrected chi connectivity index (χ3v) is 4.44. The number of hydrogen-bond acceptors (Lipinski definition) is 6. The molecule has 0 aliphatic heterocycles. The van der Waals surface area contributed by atoms with Gasteiger partial charge in [0.25, 0.3) is 5.56 Å². The zero-order valence-corrected chi connectivity index (χ0v) is 15.9. The molecule has 0 amide bonds. The molecule has 0 aliphatic carbocycles. The Bertz CT molecular complexity index is 1160. The highest BCUT2D eigenvalue weighted by molar-refractivity contribution is 6.08. The van der Waals surface area contributed by atoms with E-state index in [1.165, 1.54) is 29.0 Å². The van der Waals surface area contributed by atoms with Gasteiger partial charge in [0.2, 0.25) is 0 Å². The molecule has 0 spiro atoms. The molecule has 7 nitrogen and oxygen atoms in total. The number of benzene rings is 1. The first kappa shape index (κ1) is 19.2.